The number of hydrogen-bond donors (Lipinski definition) is 1. The van der Waals surface area contributed by atoms with E-state index in [9.17, 15) is 4.79 Å². The van der Waals surface area contributed by atoms with Gasteiger partial charge in [0.25, 0.3) is 0 Å². The zero-order valence-corrected chi connectivity index (χ0v) is 12.0. The molecule has 1 aliphatic heterocycles. The van der Waals surface area contributed by atoms with Gasteiger partial charge in [-0.25, -0.2) is 0 Å². The van der Waals surface area contributed by atoms with Gasteiger partial charge in [-0.2, -0.15) is 0 Å². The number of aliphatic hydroxyl groups excluding tert-OH is 1. The van der Waals surface area contributed by atoms with Crippen LogP contribution in [-0.4, -0.2) is 48.3 Å². The second-order valence-electron chi connectivity index (χ2n) is 5.34. The predicted molar refractivity (Wildman–Crippen MR) is 77.5 cm³/mol. The fourth-order valence-electron chi connectivity index (χ4n) is 2.60. The Morgan fingerprint density at radius 1 is 1.40 bits per heavy atom. The Morgan fingerprint density at radius 3 is 2.80 bits per heavy atom. The van der Waals surface area contributed by atoms with E-state index in [0.717, 1.165) is 31.5 Å². The minimum absolute atomic E-state index is 0.0620. The molecule has 4 heteroatoms. The van der Waals surface area contributed by atoms with Gasteiger partial charge in [0.1, 0.15) is 0 Å². The van der Waals surface area contributed by atoms with Crippen LogP contribution in [0, 0.1) is 6.92 Å². The summed E-state index contributed by atoms with van der Waals surface area (Å²) in [6.45, 7) is 3.99. The molecule has 1 fully saturated rings. The molecule has 110 valence electrons. The van der Waals surface area contributed by atoms with Crippen molar-refractivity contribution in [2.75, 3.05) is 26.3 Å². The number of aryl methyl sites for hydroxylation is 1. The molecule has 1 aromatic carbocycles. The first-order chi connectivity index (χ1) is 9.69. The summed E-state index contributed by atoms with van der Waals surface area (Å²) < 4.78 is 5.51. The van der Waals surface area contributed by atoms with Crippen molar-refractivity contribution in [2.45, 2.75) is 32.3 Å². The van der Waals surface area contributed by atoms with Crippen molar-refractivity contribution in [1.29, 1.82) is 0 Å². The van der Waals surface area contributed by atoms with Crippen LogP contribution in [0.1, 0.15) is 24.0 Å². The average Bonchev–Trinajstić information content (AvgIpc) is 2.45. The molecule has 0 radical (unpaired) electrons. The van der Waals surface area contributed by atoms with Crippen molar-refractivity contribution in [3.63, 3.8) is 0 Å². The summed E-state index contributed by atoms with van der Waals surface area (Å²) in [6.07, 6.45) is 2.38. The second kappa shape index (κ2) is 7.41. The van der Waals surface area contributed by atoms with Crippen LogP contribution in [0.5, 0.6) is 0 Å². The van der Waals surface area contributed by atoms with E-state index in [1.165, 1.54) is 5.56 Å². The summed E-state index contributed by atoms with van der Waals surface area (Å²) in [5.74, 6) is 0.191. The fourth-order valence-corrected chi connectivity index (χ4v) is 2.60. The van der Waals surface area contributed by atoms with E-state index in [0.29, 0.717) is 13.0 Å². The molecule has 4 nitrogen and oxygen atoms in total. The maximum atomic E-state index is 12.2. The minimum atomic E-state index is 0.0620. The third-order valence-electron chi connectivity index (χ3n) is 3.68. The van der Waals surface area contributed by atoms with Crippen LogP contribution in [0.3, 0.4) is 0 Å². The molecule has 1 heterocycles. The summed E-state index contributed by atoms with van der Waals surface area (Å²) in [4.78, 5) is 14.2. The second-order valence-corrected chi connectivity index (χ2v) is 5.34. The number of nitrogens with zero attached hydrogens (tertiary/aromatic N) is 1. The smallest absolute Gasteiger partial charge is 0.226 e. The van der Waals surface area contributed by atoms with E-state index >= 15 is 0 Å². The maximum Gasteiger partial charge on any atom is 0.226 e. The number of benzene rings is 1. The number of carbonyl (C=O) groups excluding carboxylic acids is 1. The molecule has 0 bridgehead atoms. The van der Waals surface area contributed by atoms with Crippen molar-refractivity contribution in [1.82, 2.24) is 4.90 Å². The van der Waals surface area contributed by atoms with Gasteiger partial charge in [-0.3, -0.25) is 4.79 Å². The molecular weight excluding hydrogens is 254 g/mol. The number of amides is 1. The van der Waals surface area contributed by atoms with Gasteiger partial charge in [0.15, 0.2) is 0 Å². The molecule has 0 spiro atoms. The van der Waals surface area contributed by atoms with E-state index in [-0.39, 0.29) is 18.6 Å². The molecule has 0 atom stereocenters. The molecule has 0 aromatic heterocycles. The fraction of sp³-hybridized carbons (Fsp3) is 0.562. The lowest BCUT2D eigenvalue weighted by atomic mass is 10.0. The molecule has 1 aromatic rings. The zero-order valence-electron chi connectivity index (χ0n) is 12.0. The highest BCUT2D eigenvalue weighted by molar-refractivity contribution is 5.78. The Kier molecular flexibility index (Phi) is 5.56. The Morgan fingerprint density at radius 2 is 2.15 bits per heavy atom. The van der Waals surface area contributed by atoms with Crippen LogP contribution in [0.4, 0.5) is 0 Å². The number of aliphatic hydroxyl groups is 1. The van der Waals surface area contributed by atoms with Crippen molar-refractivity contribution >= 4 is 5.91 Å². The predicted octanol–water partition coefficient (Wildman–Crippen LogP) is 1.54. The van der Waals surface area contributed by atoms with Crippen LogP contribution < -0.4 is 0 Å². The van der Waals surface area contributed by atoms with Crippen molar-refractivity contribution < 1.29 is 14.6 Å². The lowest BCUT2D eigenvalue weighted by molar-refractivity contribution is -0.133. The van der Waals surface area contributed by atoms with Crippen molar-refractivity contribution in [3.8, 4) is 0 Å². The standard InChI is InChI=1S/C16H23NO3/c1-13-3-2-4-14(11-13)12-16(19)17-7-5-15(6-8-17)20-10-9-18/h2-4,11,15,18H,5-10,12H2,1H3. The van der Waals surface area contributed by atoms with E-state index in [1.54, 1.807) is 0 Å². The van der Waals surface area contributed by atoms with E-state index < -0.39 is 0 Å². The minimum Gasteiger partial charge on any atom is -0.394 e. The van der Waals surface area contributed by atoms with Crippen LogP contribution >= 0.6 is 0 Å². The summed E-state index contributed by atoms with van der Waals surface area (Å²) in [5.41, 5.74) is 2.26. The molecule has 2 rings (SSSR count). The number of carbonyl (C=O) groups is 1. The number of rotatable bonds is 5. The Hall–Kier alpha value is -1.39. The molecule has 20 heavy (non-hydrogen) atoms. The van der Waals surface area contributed by atoms with Crippen molar-refractivity contribution in [2.24, 2.45) is 0 Å². The number of hydrogen-bond acceptors (Lipinski definition) is 3. The van der Waals surface area contributed by atoms with E-state index in [1.807, 2.05) is 30.0 Å². The highest BCUT2D eigenvalue weighted by Gasteiger charge is 2.23. The van der Waals surface area contributed by atoms with Gasteiger partial charge in [-0.15, -0.1) is 0 Å². The molecule has 1 saturated heterocycles. The monoisotopic (exact) mass is 277 g/mol. The summed E-state index contributed by atoms with van der Waals surface area (Å²) in [6, 6.07) is 8.10. The van der Waals surface area contributed by atoms with Crippen LogP contribution in [0.2, 0.25) is 0 Å². The normalized spacial score (nSPS) is 16.4. The quantitative estimate of drug-likeness (QED) is 0.888. The third kappa shape index (κ3) is 4.32. The highest BCUT2D eigenvalue weighted by Crippen LogP contribution is 2.15. The van der Waals surface area contributed by atoms with E-state index in [2.05, 4.69) is 6.07 Å². The molecule has 0 unspecified atom stereocenters. The third-order valence-corrected chi connectivity index (χ3v) is 3.68. The Balaban J connectivity index is 1.80. The van der Waals surface area contributed by atoms with Gasteiger partial charge in [-0.1, -0.05) is 29.8 Å². The van der Waals surface area contributed by atoms with Gasteiger partial charge in [0.05, 0.1) is 25.7 Å². The molecule has 0 saturated carbocycles. The summed E-state index contributed by atoms with van der Waals surface area (Å²) in [7, 11) is 0. The first-order valence-electron chi connectivity index (χ1n) is 7.25. The van der Waals surface area contributed by atoms with Crippen LogP contribution in [-0.2, 0) is 16.0 Å². The summed E-state index contributed by atoms with van der Waals surface area (Å²) >= 11 is 0. The molecule has 0 aliphatic carbocycles. The first-order valence-corrected chi connectivity index (χ1v) is 7.25. The maximum absolute atomic E-state index is 12.2. The molecule has 1 N–H and O–H groups in total. The van der Waals surface area contributed by atoms with Crippen LogP contribution in [0.25, 0.3) is 0 Å². The first kappa shape index (κ1) is 15.0. The van der Waals surface area contributed by atoms with Gasteiger partial charge in [0, 0.05) is 13.1 Å². The Bertz CT molecular complexity index is 439. The largest absolute Gasteiger partial charge is 0.394 e. The highest BCUT2D eigenvalue weighted by atomic mass is 16.5. The summed E-state index contributed by atoms with van der Waals surface area (Å²) in [5, 5.41) is 8.73. The van der Waals surface area contributed by atoms with Crippen LogP contribution in [0.15, 0.2) is 24.3 Å². The average molecular weight is 277 g/mol. The topological polar surface area (TPSA) is 49.8 Å². The van der Waals surface area contributed by atoms with Gasteiger partial charge < -0.3 is 14.7 Å². The number of likely N-dealkylation sites (tertiary alicyclic amines) is 1. The van der Waals surface area contributed by atoms with Crippen molar-refractivity contribution in [3.05, 3.63) is 35.4 Å². The zero-order chi connectivity index (χ0) is 14.4. The molecular formula is C16H23NO3. The Labute approximate surface area is 120 Å². The molecule has 1 aliphatic rings. The molecule has 1 amide bonds. The van der Waals surface area contributed by atoms with Gasteiger partial charge in [0.2, 0.25) is 5.91 Å². The lowest BCUT2D eigenvalue weighted by Gasteiger charge is -2.32. The lowest BCUT2D eigenvalue weighted by Crippen LogP contribution is -2.41. The van der Waals surface area contributed by atoms with E-state index in [4.69, 9.17) is 9.84 Å². The SMILES string of the molecule is Cc1cccc(CC(=O)N2CCC(OCCO)CC2)c1. The number of ether oxygens (including phenoxy) is 1. The van der Waals surface area contributed by atoms with Gasteiger partial charge >= 0.3 is 0 Å². The number of piperidine rings is 1. The van der Waals surface area contributed by atoms with Gasteiger partial charge in [-0.05, 0) is 25.3 Å².